The van der Waals surface area contributed by atoms with E-state index in [-0.39, 0.29) is 11.8 Å². The van der Waals surface area contributed by atoms with Gasteiger partial charge in [0.05, 0.1) is 21.7 Å². The molecule has 5 rings (SSSR count). The van der Waals surface area contributed by atoms with Gasteiger partial charge >= 0.3 is 0 Å². The number of hydrogen-bond acceptors (Lipinski definition) is 4. The van der Waals surface area contributed by atoms with Gasteiger partial charge in [-0.3, -0.25) is 9.59 Å². The fraction of sp³-hybridized carbons (Fsp3) is 0.160. The molecule has 0 spiro atoms. The summed E-state index contributed by atoms with van der Waals surface area (Å²) in [6.07, 6.45) is 1.54. The number of nitrogens with zero attached hydrogens (tertiary/aromatic N) is 2. The number of aromatic nitrogens is 1. The monoisotopic (exact) mass is 427 g/mol. The summed E-state index contributed by atoms with van der Waals surface area (Å²) in [5.74, 6) is 0.0182. The van der Waals surface area contributed by atoms with Crippen molar-refractivity contribution in [2.75, 3.05) is 11.9 Å². The number of hydrogen-bond donors (Lipinski definition) is 1. The largest absolute Gasteiger partial charge is 0.338 e. The number of carbonyl (C=O) groups is 2. The molecule has 0 atom stereocenters. The molecule has 0 unspecified atom stereocenters. The normalized spacial score (nSPS) is 13.7. The summed E-state index contributed by atoms with van der Waals surface area (Å²) in [6.45, 7) is 1.37. The molecule has 0 radical (unpaired) electrons. The molecule has 2 aromatic carbocycles. The molecule has 0 aliphatic carbocycles. The van der Waals surface area contributed by atoms with Crippen LogP contribution in [0.2, 0.25) is 0 Å². The molecule has 6 heteroatoms. The van der Waals surface area contributed by atoms with Crippen LogP contribution in [0.5, 0.6) is 0 Å². The van der Waals surface area contributed by atoms with Gasteiger partial charge in [0.15, 0.2) is 0 Å². The first-order valence-electron chi connectivity index (χ1n) is 10.3. The number of anilines is 1. The van der Waals surface area contributed by atoms with Crippen molar-refractivity contribution < 1.29 is 9.59 Å². The van der Waals surface area contributed by atoms with E-state index in [4.69, 9.17) is 4.98 Å². The van der Waals surface area contributed by atoms with Crippen LogP contribution in [0.1, 0.15) is 28.8 Å². The van der Waals surface area contributed by atoms with Crippen LogP contribution in [0, 0.1) is 0 Å². The highest BCUT2D eigenvalue weighted by molar-refractivity contribution is 7.13. The molecule has 1 aliphatic heterocycles. The highest BCUT2D eigenvalue weighted by Crippen LogP contribution is 2.28. The molecule has 31 heavy (non-hydrogen) atoms. The first kappa shape index (κ1) is 19.5. The summed E-state index contributed by atoms with van der Waals surface area (Å²) in [7, 11) is 0. The number of amides is 2. The third-order valence-corrected chi connectivity index (χ3v) is 6.36. The lowest BCUT2D eigenvalue weighted by Crippen LogP contribution is -2.23. The van der Waals surface area contributed by atoms with E-state index in [0.29, 0.717) is 24.2 Å². The molecular weight excluding hydrogens is 406 g/mol. The van der Waals surface area contributed by atoms with Crippen molar-refractivity contribution in [3.05, 3.63) is 83.2 Å². The Morgan fingerprint density at radius 3 is 2.77 bits per heavy atom. The van der Waals surface area contributed by atoms with E-state index >= 15 is 0 Å². The number of benzene rings is 2. The second kappa shape index (κ2) is 8.32. The molecule has 5 nitrogen and oxygen atoms in total. The van der Waals surface area contributed by atoms with E-state index in [2.05, 4.69) is 5.32 Å². The van der Waals surface area contributed by atoms with E-state index in [1.807, 2.05) is 77.0 Å². The van der Waals surface area contributed by atoms with Gasteiger partial charge in [0.25, 0.3) is 5.91 Å². The van der Waals surface area contributed by atoms with Crippen LogP contribution in [-0.2, 0) is 11.3 Å². The highest BCUT2D eigenvalue weighted by Gasteiger charge is 2.20. The summed E-state index contributed by atoms with van der Waals surface area (Å²) >= 11 is 1.60. The van der Waals surface area contributed by atoms with Gasteiger partial charge in [-0.1, -0.05) is 36.4 Å². The lowest BCUT2D eigenvalue weighted by atomic mass is 10.1. The van der Waals surface area contributed by atoms with Gasteiger partial charge in [-0.15, -0.1) is 11.3 Å². The van der Waals surface area contributed by atoms with E-state index in [1.54, 1.807) is 11.3 Å². The van der Waals surface area contributed by atoms with Crippen LogP contribution in [0.15, 0.2) is 72.1 Å². The van der Waals surface area contributed by atoms with Crippen LogP contribution >= 0.6 is 11.3 Å². The van der Waals surface area contributed by atoms with Crippen LogP contribution in [-0.4, -0.2) is 28.2 Å². The van der Waals surface area contributed by atoms with Crippen molar-refractivity contribution in [2.24, 2.45) is 0 Å². The lowest BCUT2D eigenvalue weighted by molar-refractivity contribution is -0.128. The van der Waals surface area contributed by atoms with Crippen molar-refractivity contribution in [1.82, 2.24) is 9.88 Å². The number of pyridine rings is 1. The molecule has 2 amide bonds. The summed E-state index contributed by atoms with van der Waals surface area (Å²) in [4.78, 5) is 32.8. The Labute approximate surface area is 184 Å². The Morgan fingerprint density at radius 2 is 1.97 bits per heavy atom. The zero-order chi connectivity index (χ0) is 21.2. The highest BCUT2D eigenvalue weighted by atomic mass is 32.1. The lowest BCUT2D eigenvalue weighted by Gasteiger charge is -2.16. The van der Waals surface area contributed by atoms with Crippen molar-refractivity contribution >= 4 is 39.7 Å². The fourth-order valence-corrected chi connectivity index (χ4v) is 4.64. The molecule has 3 heterocycles. The van der Waals surface area contributed by atoms with E-state index < -0.39 is 0 Å². The van der Waals surface area contributed by atoms with E-state index in [9.17, 15) is 9.59 Å². The topological polar surface area (TPSA) is 62.3 Å². The molecule has 0 bridgehead atoms. The molecule has 4 aromatic rings. The van der Waals surface area contributed by atoms with Gasteiger partial charge < -0.3 is 10.2 Å². The Hall–Kier alpha value is -3.51. The quantitative estimate of drug-likeness (QED) is 0.468. The predicted molar refractivity (Wildman–Crippen MR) is 124 cm³/mol. The number of likely N-dealkylation sites (tertiary alicyclic amines) is 1. The van der Waals surface area contributed by atoms with Crippen molar-refractivity contribution in [2.45, 2.75) is 19.4 Å². The minimum Gasteiger partial charge on any atom is -0.338 e. The van der Waals surface area contributed by atoms with Crippen LogP contribution in [0.25, 0.3) is 21.5 Å². The van der Waals surface area contributed by atoms with E-state index in [0.717, 1.165) is 40.0 Å². The number of fused-ring (bicyclic) bond motifs is 1. The smallest absolute Gasteiger partial charge is 0.256 e. The van der Waals surface area contributed by atoms with E-state index in [1.165, 1.54) is 0 Å². The zero-order valence-corrected chi connectivity index (χ0v) is 17.7. The van der Waals surface area contributed by atoms with Crippen molar-refractivity contribution in [3.8, 4) is 10.6 Å². The zero-order valence-electron chi connectivity index (χ0n) is 16.9. The Balaban J connectivity index is 1.44. The van der Waals surface area contributed by atoms with Gasteiger partial charge in [0.2, 0.25) is 5.91 Å². The SMILES string of the molecule is O=C(Nc1cccc(CN2CCCC2=O)c1)c1cc(-c2cccs2)nc2ccccc12. The molecule has 2 aromatic heterocycles. The Morgan fingerprint density at radius 1 is 1.06 bits per heavy atom. The third kappa shape index (κ3) is 4.07. The van der Waals surface area contributed by atoms with Crippen LogP contribution < -0.4 is 5.32 Å². The second-order valence-corrected chi connectivity index (χ2v) is 8.57. The maximum atomic E-state index is 13.3. The molecule has 1 aliphatic rings. The van der Waals surface area contributed by atoms with Gasteiger partial charge in [0, 0.05) is 30.6 Å². The number of thiophene rings is 1. The standard InChI is InChI=1S/C25H21N3O2S/c29-24-11-4-12-28(24)16-17-6-3-7-18(14-17)26-25(30)20-15-22(23-10-5-13-31-23)27-21-9-2-1-8-19(20)21/h1-3,5-10,13-15H,4,11-12,16H2,(H,26,30). The van der Waals surface area contributed by atoms with Crippen LogP contribution in [0.4, 0.5) is 5.69 Å². The van der Waals surface area contributed by atoms with Crippen molar-refractivity contribution in [1.29, 1.82) is 0 Å². The number of para-hydroxylation sites is 1. The summed E-state index contributed by atoms with van der Waals surface area (Å²) < 4.78 is 0. The van der Waals surface area contributed by atoms with Gasteiger partial charge in [-0.25, -0.2) is 4.98 Å². The molecule has 1 N–H and O–H groups in total. The average Bonchev–Trinajstić information content (AvgIpc) is 3.46. The first-order valence-corrected chi connectivity index (χ1v) is 11.2. The second-order valence-electron chi connectivity index (χ2n) is 7.62. The Bertz CT molecular complexity index is 1270. The molecule has 1 fully saturated rings. The summed E-state index contributed by atoms with van der Waals surface area (Å²) in [5, 5.41) is 5.85. The molecular formula is C25H21N3O2S. The summed E-state index contributed by atoms with van der Waals surface area (Å²) in [6, 6.07) is 21.2. The van der Waals surface area contributed by atoms with Gasteiger partial charge in [0.1, 0.15) is 0 Å². The minimum atomic E-state index is -0.175. The molecule has 0 saturated carbocycles. The summed E-state index contributed by atoms with van der Waals surface area (Å²) in [5.41, 5.74) is 3.90. The van der Waals surface area contributed by atoms with Crippen LogP contribution in [0.3, 0.4) is 0 Å². The maximum absolute atomic E-state index is 13.3. The molecule has 154 valence electrons. The number of carbonyl (C=O) groups excluding carboxylic acids is 2. The van der Waals surface area contributed by atoms with Crippen molar-refractivity contribution in [3.63, 3.8) is 0 Å². The Kier molecular flexibility index (Phi) is 5.22. The number of nitrogens with one attached hydrogen (secondary N) is 1. The average molecular weight is 428 g/mol. The predicted octanol–water partition coefficient (Wildman–Crippen LogP) is 5.34. The minimum absolute atomic E-state index is 0.175. The van der Waals surface area contributed by atoms with Gasteiger partial charge in [-0.2, -0.15) is 0 Å². The molecule has 1 saturated heterocycles. The number of rotatable bonds is 5. The third-order valence-electron chi connectivity index (χ3n) is 5.46. The first-order chi connectivity index (χ1) is 15.2. The van der Waals surface area contributed by atoms with Gasteiger partial charge in [-0.05, 0) is 47.7 Å². The maximum Gasteiger partial charge on any atom is 0.256 e. The fourth-order valence-electron chi connectivity index (χ4n) is 3.95.